The fraction of sp³-hybridized carbons (Fsp3) is 0.600. The molecule has 0 amide bonds. The van der Waals surface area contributed by atoms with Gasteiger partial charge in [-0.15, -0.1) is 0 Å². The van der Waals surface area contributed by atoms with Crippen LogP contribution >= 0.6 is 0 Å². The molecule has 0 aliphatic heterocycles. The lowest BCUT2D eigenvalue weighted by molar-refractivity contribution is -0.121. The first-order valence-corrected chi connectivity index (χ1v) is 8.41. The van der Waals surface area contributed by atoms with E-state index < -0.39 is 6.10 Å². The normalized spacial score (nSPS) is 32.3. The van der Waals surface area contributed by atoms with Crippen LogP contribution in [0, 0.1) is 17.3 Å². The van der Waals surface area contributed by atoms with E-state index in [0.717, 1.165) is 24.0 Å². The summed E-state index contributed by atoms with van der Waals surface area (Å²) in [7, 11) is 0. The minimum absolute atomic E-state index is 0.0341. The highest BCUT2D eigenvalue weighted by atomic mass is 16.3. The maximum absolute atomic E-state index is 12.3. The number of aliphatic hydroxyl groups excluding tert-OH is 1. The summed E-state index contributed by atoms with van der Waals surface area (Å²) in [5, 5.41) is 10.1. The molecule has 23 heavy (non-hydrogen) atoms. The van der Waals surface area contributed by atoms with Crippen LogP contribution < -0.4 is 0 Å². The van der Waals surface area contributed by atoms with E-state index in [2.05, 4.69) is 13.8 Å². The van der Waals surface area contributed by atoms with Gasteiger partial charge in [-0.2, -0.15) is 0 Å². The van der Waals surface area contributed by atoms with E-state index in [9.17, 15) is 14.7 Å². The van der Waals surface area contributed by atoms with Crippen molar-refractivity contribution in [2.45, 2.75) is 60.0 Å². The Hall–Kier alpha value is -1.48. The quantitative estimate of drug-likeness (QED) is 0.692. The van der Waals surface area contributed by atoms with E-state index >= 15 is 0 Å². The molecule has 1 N–H and O–H groups in total. The number of allylic oxidation sites excluding steroid dienone is 4. The molecule has 126 valence electrons. The van der Waals surface area contributed by atoms with Crippen LogP contribution in [-0.2, 0) is 9.59 Å². The van der Waals surface area contributed by atoms with Crippen LogP contribution in [0.15, 0.2) is 34.9 Å². The monoisotopic (exact) mass is 316 g/mol. The zero-order valence-corrected chi connectivity index (χ0v) is 14.8. The van der Waals surface area contributed by atoms with Gasteiger partial charge in [-0.05, 0) is 68.6 Å². The van der Waals surface area contributed by atoms with Crippen LogP contribution in [0.25, 0.3) is 0 Å². The molecule has 3 unspecified atom stereocenters. The van der Waals surface area contributed by atoms with E-state index in [4.69, 9.17) is 0 Å². The number of rotatable bonds is 0. The summed E-state index contributed by atoms with van der Waals surface area (Å²) in [5.74, 6) is 0.671. The van der Waals surface area contributed by atoms with Gasteiger partial charge in [0.05, 0.1) is 0 Å². The Balaban J connectivity index is 2.32. The van der Waals surface area contributed by atoms with E-state index in [1.54, 1.807) is 19.9 Å². The fourth-order valence-corrected chi connectivity index (χ4v) is 3.71. The molecule has 3 heteroatoms. The van der Waals surface area contributed by atoms with Gasteiger partial charge in [0.1, 0.15) is 6.10 Å². The Labute approximate surface area is 139 Å². The lowest BCUT2D eigenvalue weighted by Gasteiger charge is -2.08. The smallest absolute Gasteiger partial charge is 0.190 e. The van der Waals surface area contributed by atoms with Gasteiger partial charge in [-0.3, -0.25) is 9.59 Å². The van der Waals surface area contributed by atoms with Crippen molar-refractivity contribution in [3.05, 3.63) is 34.9 Å². The summed E-state index contributed by atoms with van der Waals surface area (Å²) in [4.78, 5) is 24.4. The zero-order valence-electron chi connectivity index (χ0n) is 14.8. The van der Waals surface area contributed by atoms with Crippen LogP contribution in [-0.4, -0.2) is 22.8 Å². The summed E-state index contributed by atoms with van der Waals surface area (Å²) < 4.78 is 0. The van der Waals surface area contributed by atoms with Gasteiger partial charge in [-0.1, -0.05) is 31.1 Å². The minimum atomic E-state index is -1.16. The molecular weight excluding hydrogens is 288 g/mol. The van der Waals surface area contributed by atoms with Crippen LogP contribution in [0.1, 0.15) is 53.9 Å². The number of hydrogen-bond acceptors (Lipinski definition) is 3. The molecule has 2 aliphatic rings. The third-order valence-electron chi connectivity index (χ3n) is 5.38. The zero-order chi connectivity index (χ0) is 17.4. The Morgan fingerprint density at radius 1 is 1.09 bits per heavy atom. The second kappa shape index (κ2) is 6.56. The van der Waals surface area contributed by atoms with E-state index in [1.807, 2.05) is 13.0 Å². The minimum Gasteiger partial charge on any atom is -0.381 e. The summed E-state index contributed by atoms with van der Waals surface area (Å²) in [5.41, 5.74) is 2.65. The molecular formula is C20H28O3. The molecule has 0 heterocycles. The summed E-state index contributed by atoms with van der Waals surface area (Å²) >= 11 is 0. The van der Waals surface area contributed by atoms with Crippen molar-refractivity contribution < 1.29 is 14.7 Å². The number of hydrogen-bond donors (Lipinski definition) is 1. The van der Waals surface area contributed by atoms with Gasteiger partial charge >= 0.3 is 0 Å². The summed E-state index contributed by atoms with van der Waals surface area (Å²) in [6.45, 7) is 10.0. The van der Waals surface area contributed by atoms with E-state index in [0.29, 0.717) is 17.4 Å². The van der Waals surface area contributed by atoms with Gasteiger partial charge in [0.25, 0.3) is 0 Å². The Bertz CT molecular complexity index is 604. The summed E-state index contributed by atoms with van der Waals surface area (Å²) in [6, 6.07) is 0. The van der Waals surface area contributed by atoms with Gasteiger partial charge in [0.2, 0.25) is 0 Å². The van der Waals surface area contributed by atoms with Crippen molar-refractivity contribution in [2.24, 2.45) is 17.3 Å². The van der Waals surface area contributed by atoms with Crippen molar-refractivity contribution in [1.82, 2.24) is 0 Å². The molecule has 3 atom stereocenters. The number of carbonyl (C=O) groups is 2. The molecule has 3 nitrogen and oxygen atoms in total. The molecule has 0 saturated heterocycles. The Morgan fingerprint density at radius 2 is 1.74 bits per heavy atom. The maximum atomic E-state index is 12.3. The van der Waals surface area contributed by atoms with Crippen molar-refractivity contribution in [3.8, 4) is 0 Å². The highest BCUT2D eigenvalue weighted by Crippen LogP contribution is 2.61. The van der Waals surface area contributed by atoms with Gasteiger partial charge in [0, 0.05) is 6.42 Å². The molecule has 0 aromatic heterocycles. The average Bonchev–Trinajstić information content (AvgIpc) is 2.94. The fourth-order valence-electron chi connectivity index (χ4n) is 3.71. The number of aliphatic hydroxyl groups is 1. The number of ketones is 2. The standard InChI is InChI=1S/C20H28O3/c1-12-6-7-16-17(20(16,4)5)11-14(3)19(23)18(22)10-13(2)9-15(21)8-12/h8,10-11,16-18,22H,6-7,9H2,1-5H3. The molecule has 1 saturated carbocycles. The second-order valence-corrected chi connectivity index (χ2v) is 7.80. The van der Waals surface area contributed by atoms with Crippen molar-refractivity contribution in [1.29, 1.82) is 0 Å². The Morgan fingerprint density at radius 3 is 2.39 bits per heavy atom. The highest BCUT2D eigenvalue weighted by Gasteiger charge is 2.55. The van der Waals surface area contributed by atoms with Gasteiger partial charge < -0.3 is 5.11 Å². The molecule has 2 aliphatic carbocycles. The van der Waals surface area contributed by atoms with Gasteiger partial charge in [0.15, 0.2) is 11.6 Å². The largest absolute Gasteiger partial charge is 0.381 e. The first kappa shape index (κ1) is 17.9. The molecule has 0 radical (unpaired) electrons. The maximum Gasteiger partial charge on any atom is 0.190 e. The van der Waals surface area contributed by atoms with E-state index in [-0.39, 0.29) is 23.4 Å². The molecule has 1 fully saturated rings. The summed E-state index contributed by atoms with van der Waals surface area (Å²) in [6.07, 6.45) is 6.29. The third kappa shape index (κ3) is 4.08. The molecule has 2 rings (SSSR count). The first-order chi connectivity index (χ1) is 10.6. The van der Waals surface area contributed by atoms with Crippen LogP contribution in [0.5, 0.6) is 0 Å². The number of Topliss-reactive ketones (excluding diaryl/α,β-unsaturated/α-hetero) is 1. The molecule has 0 aromatic rings. The molecule has 0 aromatic carbocycles. The lowest BCUT2D eigenvalue weighted by atomic mass is 9.99. The predicted molar refractivity (Wildman–Crippen MR) is 91.9 cm³/mol. The molecule has 0 bridgehead atoms. The topological polar surface area (TPSA) is 54.4 Å². The average molecular weight is 316 g/mol. The SMILES string of the molecule is CC1=CC(=O)CC(C)=CC(O)C(=O)C(C)=CC2C(CC1)C2(C)C. The number of carbonyl (C=O) groups excluding carboxylic acids is 2. The van der Waals surface area contributed by atoms with Crippen molar-refractivity contribution in [2.75, 3.05) is 0 Å². The van der Waals surface area contributed by atoms with Crippen LogP contribution in [0.4, 0.5) is 0 Å². The van der Waals surface area contributed by atoms with E-state index in [1.165, 1.54) is 6.08 Å². The number of fused-ring (bicyclic) bond motifs is 1. The van der Waals surface area contributed by atoms with Crippen molar-refractivity contribution in [3.63, 3.8) is 0 Å². The lowest BCUT2D eigenvalue weighted by Crippen LogP contribution is -2.19. The predicted octanol–water partition coefficient (Wildman–Crippen LogP) is 3.78. The first-order valence-electron chi connectivity index (χ1n) is 8.41. The van der Waals surface area contributed by atoms with Crippen LogP contribution in [0.2, 0.25) is 0 Å². The van der Waals surface area contributed by atoms with Crippen molar-refractivity contribution >= 4 is 11.6 Å². The second-order valence-electron chi connectivity index (χ2n) is 7.80. The highest BCUT2D eigenvalue weighted by molar-refractivity contribution is 5.99. The third-order valence-corrected chi connectivity index (χ3v) is 5.38. The van der Waals surface area contributed by atoms with Gasteiger partial charge in [-0.25, -0.2) is 0 Å². The van der Waals surface area contributed by atoms with Crippen LogP contribution in [0.3, 0.4) is 0 Å². The molecule has 0 spiro atoms. The Kier molecular flexibility index (Phi) is 5.10.